The highest BCUT2D eigenvalue weighted by Crippen LogP contribution is 2.18. The van der Waals surface area contributed by atoms with Crippen LogP contribution in [0.2, 0.25) is 0 Å². The molecule has 0 fully saturated rings. The van der Waals surface area contributed by atoms with E-state index in [1.807, 2.05) is 24.3 Å². The van der Waals surface area contributed by atoms with Crippen LogP contribution in [0.3, 0.4) is 0 Å². The molecule has 0 spiro atoms. The molecule has 2 aromatic heterocycles. The molecule has 0 saturated carbocycles. The maximum Gasteiger partial charge on any atom is 0.267 e. The van der Waals surface area contributed by atoms with E-state index in [2.05, 4.69) is 20.3 Å². The number of carbonyl (C=O) groups excluding carboxylic acids is 1. The number of rotatable bonds is 5. The third kappa shape index (κ3) is 3.10. The Morgan fingerprint density at radius 1 is 1.43 bits per heavy atom. The molecule has 3 rings (SSSR count). The second-order valence-corrected chi connectivity index (χ2v) is 4.77. The predicted octanol–water partition coefficient (Wildman–Crippen LogP) is 0.255. The summed E-state index contributed by atoms with van der Waals surface area (Å²) in [6, 6.07) is 7.01. The van der Waals surface area contributed by atoms with Crippen LogP contribution < -0.4 is 5.48 Å². The molecule has 2 heterocycles. The van der Waals surface area contributed by atoms with Crippen LogP contribution in [0.1, 0.15) is 17.6 Å². The van der Waals surface area contributed by atoms with Crippen LogP contribution in [0, 0.1) is 0 Å². The second kappa shape index (κ2) is 6.38. The zero-order chi connectivity index (χ0) is 16.2. The van der Waals surface area contributed by atoms with E-state index in [0.717, 1.165) is 17.1 Å². The fraction of sp³-hybridized carbons (Fsp3) is 0.143. The first kappa shape index (κ1) is 14.9. The van der Waals surface area contributed by atoms with Crippen LogP contribution in [0.25, 0.3) is 17.1 Å². The predicted molar refractivity (Wildman–Crippen MR) is 80.3 cm³/mol. The van der Waals surface area contributed by atoms with Crippen molar-refractivity contribution in [2.24, 2.45) is 0 Å². The summed E-state index contributed by atoms with van der Waals surface area (Å²) in [6.07, 6.45) is 4.07. The van der Waals surface area contributed by atoms with Crippen LogP contribution in [-0.4, -0.2) is 47.8 Å². The zero-order valence-corrected chi connectivity index (χ0v) is 11.9. The number of aliphatic hydroxyl groups is 1. The largest absolute Gasteiger partial charge is 0.394 e. The van der Waals surface area contributed by atoms with E-state index in [9.17, 15) is 9.90 Å². The van der Waals surface area contributed by atoms with Crippen molar-refractivity contribution in [2.45, 2.75) is 6.04 Å². The van der Waals surface area contributed by atoms with Crippen molar-refractivity contribution in [1.29, 1.82) is 0 Å². The maximum atomic E-state index is 10.9. The summed E-state index contributed by atoms with van der Waals surface area (Å²) in [4.78, 5) is 18.5. The van der Waals surface area contributed by atoms with Crippen LogP contribution in [0.4, 0.5) is 0 Å². The lowest BCUT2D eigenvalue weighted by atomic mass is 10.3. The van der Waals surface area contributed by atoms with Gasteiger partial charge in [0.25, 0.3) is 5.91 Å². The lowest BCUT2D eigenvalue weighted by molar-refractivity contribution is -0.124. The Balaban J connectivity index is 1.87. The van der Waals surface area contributed by atoms with E-state index < -0.39 is 11.9 Å². The maximum absolute atomic E-state index is 10.9. The third-order valence-corrected chi connectivity index (χ3v) is 3.26. The number of carbonyl (C=O) groups is 1. The zero-order valence-electron chi connectivity index (χ0n) is 11.9. The molecule has 1 amide bonds. The summed E-state index contributed by atoms with van der Waals surface area (Å²) in [6.45, 7) is -0.219. The van der Waals surface area contributed by atoms with Gasteiger partial charge in [0.05, 0.1) is 23.8 Å². The number of benzene rings is 1. The van der Waals surface area contributed by atoms with Crippen molar-refractivity contribution in [2.75, 3.05) is 6.61 Å². The molecule has 23 heavy (non-hydrogen) atoms. The van der Waals surface area contributed by atoms with Crippen molar-refractivity contribution >= 4 is 23.0 Å². The van der Waals surface area contributed by atoms with E-state index in [0.29, 0.717) is 11.5 Å². The number of amides is 1. The standard InChI is InChI=1S/C14H14N6O3/c21-8-12(14-15-10-3-1-2-4-11(10)16-14)20-7-9(17-19-20)5-6-13(22)18-23/h1-7,12,21,23H,8H2,(H,15,16)(H,18,22). The quantitative estimate of drug-likeness (QED) is 0.304. The minimum absolute atomic E-state index is 0.219. The molecule has 9 nitrogen and oxygen atoms in total. The molecule has 9 heteroatoms. The van der Waals surface area contributed by atoms with Gasteiger partial charge in [-0.05, 0) is 18.2 Å². The summed E-state index contributed by atoms with van der Waals surface area (Å²) < 4.78 is 1.45. The number of nitrogens with zero attached hydrogens (tertiary/aromatic N) is 4. The first-order valence-corrected chi connectivity index (χ1v) is 6.80. The Hall–Kier alpha value is -3.04. The third-order valence-electron chi connectivity index (χ3n) is 3.26. The van der Waals surface area contributed by atoms with Gasteiger partial charge < -0.3 is 10.1 Å². The molecule has 0 saturated heterocycles. The highest BCUT2D eigenvalue weighted by Gasteiger charge is 2.18. The molecule has 0 aliphatic rings. The van der Waals surface area contributed by atoms with Gasteiger partial charge in [0.15, 0.2) is 0 Å². The molecule has 1 aromatic carbocycles. The van der Waals surface area contributed by atoms with E-state index in [-0.39, 0.29) is 6.61 Å². The summed E-state index contributed by atoms with van der Waals surface area (Å²) in [7, 11) is 0. The molecule has 0 aliphatic heterocycles. The average Bonchev–Trinajstić information content (AvgIpc) is 3.20. The molecule has 1 atom stereocenters. The number of para-hydroxylation sites is 2. The molecule has 118 valence electrons. The highest BCUT2D eigenvalue weighted by molar-refractivity contribution is 5.90. The van der Waals surface area contributed by atoms with E-state index in [1.54, 1.807) is 6.20 Å². The number of aromatic amines is 1. The Morgan fingerprint density at radius 3 is 3.00 bits per heavy atom. The number of hydrogen-bond acceptors (Lipinski definition) is 6. The number of H-pyrrole nitrogens is 1. The van der Waals surface area contributed by atoms with E-state index >= 15 is 0 Å². The average molecular weight is 314 g/mol. The van der Waals surface area contributed by atoms with Crippen LogP contribution in [0.15, 0.2) is 36.5 Å². The van der Waals surface area contributed by atoms with Crippen molar-refractivity contribution in [3.63, 3.8) is 0 Å². The first-order chi connectivity index (χ1) is 11.2. The molecular formula is C14H14N6O3. The number of aliphatic hydroxyl groups excluding tert-OH is 1. The summed E-state index contributed by atoms with van der Waals surface area (Å²) in [5, 5.41) is 25.9. The molecule has 4 N–H and O–H groups in total. The van der Waals surface area contributed by atoms with Gasteiger partial charge in [0.2, 0.25) is 0 Å². The lowest BCUT2D eigenvalue weighted by Gasteiger charge is -2.10. The van der Waals surface area contributed by atoms with Crippen LogP contribution >= 0.6 is 0 Å². The normalized spacial score (nSPS) is 12.8. The monoisotopic (exact) mass is 314 g/mol. The van der Waals surface area contributed by atoms with Gasteiger partial charge in [0.1, 0.15) is 17.6 Å². The van der Waals surface area contributed by atoms with E-state index in [1.165, 1.54) is 16.2 Å². The number of aromatic nitrogens is 5. The lowest BCUT2D eigenvalue weighted by Crippen LogP contribution is -2.17. The number of nitrogens with one attached hydrogen (secondary N) is 2. The summed E-state index contributed by atoms with van der Waals surface area (Å²) >= 11 is 0. The van der Waals surface area contributed by atoms with Crippen LogP contribution in [0.5, 0.6) is 0 Å². The van der Waals surface area contributed by atoms with Gasteiger partial charge in [-0.2, -0.15) is 0 Å². The smallest absolute Gasteiger partial charge is 0.267 e. The minimum Gasteiger partial charge on any atom is -0.394 e. The van der Waals surface area contributed by atoms with Crippen molar-refractivity contribution in [3.05, 3.63) is 48.1 Å². The van der Waals surface area contributed by atoms with Gasteiger partial charge in [-0.1, -0.05) is 17.3 Å². The molecule has 1 unspecified atom stereocenters. The number of fused-ring (bicyclic) bond motifs is 1. The molecule has 0 bridgehead atoms. The number of imidazole rings is 1. The van der Waals surface area contributed by atoms with E-state index in [4.69, 9.17) is 5.21 Å². The summed E-state index contributed by atoms with van der Waals surface area (Å²) in [5.41, 5.74) is 3.54. The fourth-order valence-corrected chi connectivity index (χ4v) is 2.14. The SMILES string of the molecule is O=C(C=Cc1cn(C(CO)c2nc3ccccc3[nH]2)nn1)NO. The van der Waals surface area contributed by atoms with Crippen molar-refractivity contribution in [1.82, 2.24) is 30.4 Å². The Labute approximate surface area is 130 Å². The van der Waals surface area contributed by atoms with Crippen molar-refractivity contribution in [3.8, 4) is 0 Å². The first-order valence-electron chi connectivity index (χ1n) is 6.80. The number of hydroxylamine groups is 1. The molecule has 0 radical (unpaired) electrons. The Morgan fingerprint density at radius 2 is 2.26 bits per heavy atom. The van der Waals surface area contributed by atoms with Gasteiger partial charge in [-0.25, -0.2) is 15.1 Å². The van der Waals surface area contributed by atoms with Gasteiger partial charge in [-0.15, -0.1) is 5.10 Å². The molecule has 3 aromatic rings. The Bertz CT molecular complexity index is 820. The second-order valence-electron chi connectivity index (χ2n) is 4.77. The van der Waals surface area contributed by atoms with Crippen molar-refractivity contribution < 1.29 is 15.1 Å². The highest BCUT2D eigenvalue weighted by atomic mass is 16.5. The molecular weight excluding hydrogens is 300 g/mol. The van der Waals surface area contributed by atoms with Gasteiger partial charge in [0, 0.05) is 6.08 Å². The molecule has 0 aliphatic carbocycles. The van der Waals surface area contributed by atoms with Gasteiger partial charge in [-0.3, -0.25) is 10.0 Å². The Kier molecular flexibility index (Phi) is 4.13. The fourth-order valence-electron chi connectivity index (χ4n) is 2.14. The van der Waals surface area contributed by atoms with Crippen LogP contribution in [-0.2, 0) is 4.79 Å². The topological polar surface area (TPSA) is 129 Å². The number of hydrogen-bond donors (Lipinski definition) is 4. The van der Waals surface area contributed by atoms with Gasteiger partial charge >= 0.3 is 0 Å². The summed E-state index contributed by atoms with van der Waals surface area (Å²) in [5.74, 6) is -0.113. The minimum atomic E-state index is -0.671.